The molecule has 2 saturated heterocycles. The minimum atomic E-state index is -1.45. The molecule has 2 aliphatic heterocycles. The number of nitro groups is 1. The van der Waals surface area contributed by atoms with Gasteiger partial charge in [0.2, 0.25) is 5.91 Å². The molecule has 0 aliphatic carbocycles. The molecule has 0 aromatic heterocycles. The van der Waals surface area contributed by atoms with E-state index in [1.165, 1.54) is 25.1 Å². The average Bonchev–Trinajstić information content (AvgIpc) is 2.85. The first-order valence-electron chi connectivity index (χ1n) is 9.28. The van der Waals surface area contributed by atoms with Crippen LogP contribution in [-0.4, -0.2) is 52.2 Å². The third-order valence-corrected chi connectivity index (χ3v) is 5.42. The van der Waals surface area contributed by atoms with Gasteiger partial charge in [0.15, 0.2) is 0 Å². The molecule has 1 N–H and O–H groups in total. The monoisotopic (exact) mass is 388 g/mol. The van der Waals surface area contributed by atoms with Crippen LogP contribution in [0.5, 0.6) is 0 Å². The Bertz CT molecular complexity index is 831. The van der Waals surface area contributed by atoms with Gasteiger partial charge < -0.3 is 10.2 Å². The molecule has 28 heavy (non-hydrogen) atoms. The quantitative estimate of drug-likeness (QED) is 0.481. The molecular weight excluding hydrogens is 364 g/mol. The molecule has 0 spiro atoms. The Morgan fingerprint density at radius 1 is 1.29 bits per heavy atom. The fraction of sp³-hybridized carbons (Fsp3) is 0.526. The number of rotatable bonds is 4. The van der Waals surface area contributed by atoms with Gasteiger partial charge in [-0.15, -0.1) is 0 Å². The van der Waals surface area contributed by atoms with Crippen molar-refractivity contribution in [2.45, 2.75) is 32.7 Å². The molecule has 150 valence electrons. The fourth-order valence-corrected chi connectivity index (χ4v) is 4.07. The van der Waals surface area contributed by atoms with Crippen molar-refractivity contribution in [2.75, 3.05) is 19.6 Å². The first kappa shape index (κ1) is 19.8. The number of non-ortho nitro benzene ring substituents is 1. The predicted octanol–water partition coefficient (Wildman–Crippen LogP) is 1.87. The predicted molar refractivity (Wildman–Crippen MR) is 100 cm³/mol. The number of hydrogen-bond donors (Lipinski definition) is 1. The molecule has 1 aromatic carbocycles. The van der Waals surface area contributed by atoms with Crippen LogP contribution < -0.4 is 5.32 Å². The van der Waals surface area contributed by atoms with Crippen LogP contribution in [-0.2, 0) is 15.1 Å². The second-order valence-electron chi connectivity index (χ2n) is 8.00. The minimum absolute atomic E-state index is 0.174. The van der Waals surface area contributed by atoms with E-state index in [0.717, 1.165) is 11.3 Å². The van der Waals surface area contributed by atoms with E-state index >= 15 is 0 Å². The highest BCUT2D eigenvalue weighted by atomic mass is 16.6. The standard InChI is InChI=1S/C19H24N4O5/c1-12-7-13(2)10-21(9-12)16(24)11-22-17(25)19(3,20-18(22)26)14-5-4-6-15(8-14)23(27)28/h4-6,8,12-13H,7,9-11H2,1-3H3,(H,20,26). The Labute approximate surface area is 162 Å². The van der Waals surface area contributed by atoms with Gasteiger partial charge >= 0.3 is 6.03 Å². The van der Waals surface area contributed by atoms with Gasteiger partial charge in [0.1, 0.15) is 12.1 Å². The topological polar surface area (TPSA) is 113 Å². The number of likely N-dealkylation sites (tertiary alicyclic amines) is 1. The summed E-state index contributed by atoms with van der Waals surface area (Å²) in [5.41, 5.74) is -1.33. The van der Waals surface area contributed by atoms with E-state index < -0.39 is 22.4 Å². The number of benzene rings is 1. The molecule has 2 fully saturated rings. The summed E-state index contributed by atoms with van der Waals surface area (Å²) in [4.78, 5) is 51.1. The highest BCUT2D eigenvalue weighted by molar-refractivity contribution is 6.09. The number of hydrogen-bond acceptors (Lipinski definition) is 5. The number of carbonyl (C=O) groups is 3. The van der Waals surface area contributed by atoms with Crippen LogP contribution in [0.2, 0.25) is 0 Å². The second-order valence-corrected chi connectivity index (χ2v) is 8.00. The van der Waals surface area contributed by atoms with Crippen LogP contribution in [0.15, 0.2) is 24.3 Å². The van der Waals surface area contributed by atoms with Crippen molar-refractivity contribution in [3.05, 3.63) is 39.9 Å². The van der Waals surface area contributed by atoms with Crippen molar-refractivity contribution in [3.63, 3.8) is 0 Å². The molecule has 0 bridgehead atoms. The lowest BCUT2D eigenvalue weighted by molar-refractivity contribution is -0.385. The van der Waals surface area contributed by atoms with Crippen LogP contribution in [0.25, 0.3) is 0 Å². The average molecular weight is 388 g/mol. The van der Waals surface area contributed by atoms with E-state index in [0.29, 0.717) is 30.5 Å². The third kappa shape index (κ3) is 3.56. The zero-order chi connectivity index (χ0) is 20.6. The summed E-state index contributed by atoms with van der Waals surface area (Å²) in [6.45, 7) is 6.51. The van der Waals surface area contributed by atoms with Crippen molar-refractivity contribution < 1.29 is 19.3 Å². The van der Waals surface area contributed by atoms with Gasteiger partial charge in [-0.3, -0.25) is 24.6 Å². The second kappa shape index (κ2) is 7.21. The molecule has 4 amide bonds. The highest BCUT2D eigenvalue weighted by Crippen LogP contribution is 2.31. The summed E-state index contributed by atoms with van der Waals surface area (Å²) in [7, 11) is 0. The normalized spacial score (nSPS) is 27.7. The first-order valence-corrected chi connectivity index (χ1v) is 9.28. The van der Waals surface area contributed by atoms with E-state index in [9.17, 15) is 24.5 Å². The zero-order valence-electron chi connectivity index (χ0n) is 16.2. The molecule has 9 heteroatoms. The maximum absolute atomic E-state index is 13.0. The van der Waals surface area contributed by atoms with Gasteiger partial charge in [-0.25, -0.2) is 4.79 Å². The van der Waals surface area contributed by atoms with Gasteiger partial charge in [0, 0.05) is 25.2 Å². The molecule has 3 rings (SSSR count). The fourth-order valence-electron chi connectivity index (χ4n) is 4.07. The molecular formula is C19H24N4O5. The number of nitrogens with zero attached hydrogens (tertiary/aromatic N) is 3. The molecule has 2 aliphatic rings. The molecule has 1 aromatic rings. The smallest absolute Gasteiger partial charge is 0.325 e. The van der Waals surface area contributed by atoms with Crippen LogP contribution in [0, 0.1) is 22.0 Å². The summed E-state index contributed by atoms with van der Waals surface area (Å²) in [6, 6.07) is 4.91. The third-order valence-electron chi connectivity index (χ3n) is 5.42. The number of urea groups is 1. The Balaban J connectivity index is 1.79. The van der Waals surface area contributed by atoms with Gasteiger partial charge in [-0.1, -0.05) is 26.0 Å². The van der Waals surface area contributed by atoms with E-state index in [1.54, 1.807) is 11.0 Å². The van der Waals surface area contributed by atoms with E-state index in [4.69, 9.17) is 0 Å². The van der Waals surface area contributed by atoms with Crippen LogP contribution in [0.1, 0.15) is 32.8 Å². The van der Waals surface area contributed by atoms with Crippen molar-refractivity contribution in [2.24, 2.45) is 11.8 Å². The minimum Gasteiger partial charge on any atom is -0.341 e. The summed E-state index contributed by atoms with van der Waals surface area (Å²) >= 11 is 0. The number of imide groups is 1. The molecule has 9 nitrogen and oxygen atoms in total. The van der Waals surface area contributed by atoms with Gasteiger partial charge in [0.05, 0.1) is 4.92 Å². The van der Waals surface area contributed by atoms with Crippen LogP contribution in [0.4, 0.5) is 10.5 Å². The number of piperidine rings is 1. The van der Waals surface area contributed by atoms with Gasteiger partial charge in [-0.2, -0.15) is 0 Å². The Morgan fingerprint density at radius 2 is 1.93 bits per heavy atom. The number of amides is 4. The van der Waals surface area contributed by atoms with Crippen LogP contribution >= 0.6 is 0 Å². The Morgan fingerprint density at radius 3 is 2.54 bits per heavy atom. The first-order chi connectivity index (χ1) is 13.1. The molecule has 3 atom stereocenters. The maximum Gasteiger partial charge on any atom is 0.325 e. The largest absolute Gasteiger partial charge is 0.341 e. The van der Waals surface area contributed by atoms with E-state index in [-0.39, 0.29) is 18.1 Å². The van der Waals surface area contributed by atoms with Crippen molar-refractivity contribution in [1.29, 1.82) is 0 Å². The van der Waals surface area contributed by atoms with Gasteiger partial charge in [0.25, 0.3) is 11.6 Å². The van der Waals surface area contributed by atoms with Crippen molar-refractivity contribution >= 4 is 23.5 Å². The van der Waals surface area contributed by atoms with Crippen molar-refractivity contribution in [1.82, 2.24) is 15.1 Å². The molecule has 3 unspecified atom stereocenters. The lowest BCUT2D eigenvalue weighted by atomic mass is 9.91. The summed E-state index contributed by atoms with van der Waals surface area (Å²) in [5, 5.41) is 13.6. The molecule has 0 saturated carbocycles. The summed E-state index contributed by atoms with van der Waals surface area (Å²) in [6.07, 6.45) is 1.04. The number of nitro benzene ring substituents is 1. The lowest BCUT2D eigenvalue weighted by Gasteiger charge is -2.35. The van der Waals surface area contributed by atoms with E-state index in [1.807, 2.05) is 0 Å². The Hall–Kier alpha value is -2.97. The highest BCUT2D eigenvalue weighted by Gasteiger charge is 2.50. The van der Waals surface area contributed by atoms with Crippen molar-refractivity contribution in [3.8, 4) is 0 Å². The lowest BCUT2D eigenvalue weighted by Crippen LogP contribution is -2.48. The van der Waals surface area contributed by atoms with Gasteiger partial charge in [-0.05, 0) is 30.7 Å². The zero-order valence-corrected chi connectivity index (χ0v) is 16.2. The summed E-state index contributed by atoms with van der Waals surface area (Å²) in [5.74, 6) is -0.133. The van der Waals surface area contributed by atoms with E-state index in [2.05, 4.69) is 19.2 Å². The Kier molecular flexibility index (Phi) is 5.10. The molecule has 0 radical (unpaired) electrons. The molecule has 2 heterocycles. The number of nitrogens with one attached hydrogen (secondary N) is 1. The summed E-state index contributed by atoms with van der Waals surface area (Å²) < 4.78 is 0. The number of carbonyl (C=O) groups excluding carboxylic acids is 3. The maximum atomic E-state index is 13.0. The van der Waals surface area contributed by atoms with Crippen LogP contribution in [0.3, 0.4) is 0 Å². The SMILES string of the molecule is CC1CC(C)CN(C(=O)CN2C(=O)NC(C)(c3cccc([N+](=O)[O-])c3)C2=O)C1.